The first kappa shape index (κ1) is 20.4. The van der Waals surface area contributed by atoms with Crippen LogP contribution in [0.3, 0.4) is 0 Å². The van der Waals surface area contributed by atoms with Gasteiger partial charge in [0.2, 0.25) is 5.75 Å². The fourth-order valence-corrected chi connectivity index (χ4v) is 2.61. The number of para-hydroxylation sites is 2. The maximum atomic E-state index is 5.70. The first-order valence-corrected chi connectivity index (χ1v) is 8.64. The third-order valence-electron chi connectivity index (χ3n) is 3.64. The van der Waals surface area contributed by atoms with Crippen LogP contribution in [-0.2, 0) is 0 Å². The second kappa shape index (κ2) is 10.3. The normalized spacial score (nSPS) is 9.93. The van der Waals surface area contributed by atoms with Crippen LogP contribution in [0.5, 0.6) is 28.7 Å². The lowest BCUT2D eigenvalue weighted by atomic mass is 10.2. The molecule has 27 heavy (non-hydrogen) atoms. The lowest BCUT2D eigenvalue weighted by Gasteiger charge is -2.16. The molecule has 2 aromatic rings. The fourth-order valence-electron chi connectivity index (χ4n) is 2.39. The molecule has 0 fully saturated rings. The maximum absolute atomic E-state index is 5.70. The quantitative estimate of drug-likeness (QED) is 0.498. The highest BCUT2D eigenvalue weighted by Crippen LogP contribution is 2.39. The smallest absolute Gasteiger partial charge is 0.203 e. The first-order chi connectivity index (χ1) is 13.1. The van der Waals surface area contributed by atoms with Crippen LogP contribution in [0.2, 0.25) is 0 Å². The van der Waals surface area contributed by atoms with E-state index in [1.165, 1.54) is 0 Å². The Morgan fingerprint density at radius 1 is 0.852 bits per heavy atom. The number of ether oxygens (including phenoxy) is 5. The van der Waals surface area contributed by atoms with E-state index in [0.717, 1.165) is 0 Å². The van der Waals surface area contributed by atoms with Crippen molar-refractivity contribution >= 4 is 23.0 Å². The summed E-state index contributed by atoms with van der Waals surface area (Å²) in [6.07, 6.45) is 0. The van der Waals surface area contributed by atoms with Crippen LogP contribution in [0.25, 0.3) is 0 Å². The summed E-state index contributed by atoms with van der Waals surface area (Å²) in [7, 11) is 6.29. The number of methoxy groups -OCH3 is 4. The monoisotopic (exact) mass is 392 g/mol. The second-order valence-electron chi connectivity index (χ2n) is 5.29. The molecule has 0 bridgehead atoms. The van der Waals surface area contributed by atoms with Gasteiger partial charge in [-0.05, 0) is 24.4 Å². The van der Waals surface area contributed by atoms with E-state index in [9.17, 15) is 0 Å². The molecule has 0 saturated heterocycles. The lowest BCUT2D eigenvalue weighted by Crippen LogP contribution is -2.32. The summed E-state index contributed by atoms with van der Waals surface area (Å²) in [4.78, 5) is 0. The molecule has 2 N–H and O–H groups in total. The summed E-state index contributed by atoms with van der Waals surface area (Å²) in [6, 6.07) is 11.0. The van der Waals surface area contributed by atoms with Gasteiger partial charge in [0, 0.05) is 17.8 Å². The van der Waals surface area contributed by atoms with E-state index in [0.29, 0.717) is 52.7 Å². The minimum Gasteiger partial charge on any atom is -0.493 e. The van der Waals surface area contributed by atoms with Crippen molar-refractivity contribution in [3.8, 4) is 28.7 Å². The predicted molar refractivity (Wildman–Crippen MR) is 109 cm³/mol. The molecule has 2 aromatic carbocycles. The van der Waals surface area contributed by atoms with Gasteiger partial charge in [-0.15, -0.1) is 0 Å². The van der Waals surface area contributed by atoms with Gasteiger partial charge in [0.05, 0.1) is 35.0 Å². The highest BCUT2D eigenvalue weighted by Gasteiger charge is 2.13. The van der Waals surface area contributed by atoms with Gasteiger partial charge in [-0.1, -0.05) is 12.1 Å². The van der Waals surface area contributed by atoms with Gasteiger partial charge < -0.3 is 34.3 Å². The van der Waals surface area contributed by atoms with E-state index < -0.39 is 0 Å². The van der Waals surface area contributed by atoms with E-state index in [1.807, 2.05) is 24.3 Å². The minimum atomic E-state index is 0.428. The van der Waals surface area contributed by atoms with Crippen molar-refractivity contribution in [3.05, 3.63) is 36.4 Å². The summed E-state index contributed by atoms with van der Waals surface area (Å²) in [5, 5.41) is 6.62. The van der Waals surface area contributed by atoms with Gasteiger partial charge in [-0.25, -0.2) is 0 Å². The molecule has 8 heteroatoms. The largest absolute Gasteiger partial charge is 0.493 e. The van der Waals surface area contributed by atoms with Gasteiger partial charge in [0.25, 0.3) is 0 Å². The number of anilines is 1. The van der Waals surface area contributed by atoms with Crippen molar-refractivity contribution in [1.82, 2.24) is 5.32 Å². The Hall–Kier alpha value is -2.87. The van der Waals surface area contributed by atoms with Crippen LogP contribution in [-0.4, -0.2) is 46.7 Å². The van der Waals surface area contributed by atoms with Crippen molar-refractivity contribution in [2.45, 2.75) is 0 Å². The molecule has 0 unspecified atom stereocenters. The zero-order valence-electron chi connectivity index (χ0n) is 15.8. The Kier molecular flexibility index (Phi) is 7.81. The maximum Gasteiger partial charge on any atom is 0.203 e. The van der Waals surface area contributed by atoms with Crippen LogP contribution in [0.1, 0.15) is 0 Å². The van der Waals surface area contributed by atoms with Crippen LogP contribution in [0.4, 0.5) is 5.69 Å². The zero-order valence-corrected chi connectivity index (χ0v) is 16.6. The number of thiocarbonyl (C=S) groups is 1. The summed E-state index contributed by atoms with van der Waals surface area (Å²) in [5.41, 5.74) is 0.715. The summed E-state index contributed by atoms with van der Waals surface area (Å²) >= 11 is 5.32. The van der Waals surface area contributed by atoms with E-state index in [4.69, 9.17) is 35.9 Å². The molecule has 0 aliphatic rings. The van der Waals surface area contributed by atoms with E-state index >= 15 is 0 Å². The molecule has 0 atom stereocenters. The topological polar surface area (TPSA) is 70.2 Å². The molecule has 0 amide bonds. The van der Waals surface area contributed by atoms with Crippen LogP contribution >= 0.6 is 12.2 Å². The second-order valence-corrected chi connectivity index (χ2v) is 5.70. The fraction of sp³-hybridized carbons (Fsp3) is 0.316. The predicted octanol–water partition coefficient (Wildman–Crippen LogP) is 3.09. The van der Waals surface area contributed by atoms with Crippen molar-refractivity contribution < 1.29 is 23.7 Å². The number of hydrogen-bond acceptors (Lipinski definition) is 6. The van der Waals surface area contributed by atoms with Gasteiger partial charge in [-0.3, -0.25) is 0 Å². The summed E-state index contributed by atoms with van der Waals surface area (Å²) in [5.74, 6) is 2.99. The van der Waals surface area contributed by atoms with E-state index in [1.54, 1.807) is 40.6 Å². The average molecular weight is 392 g/mol. The lowest BCUT2D eigenvalue weighted by molar-refractivity contribution is 0.298. The third-order valence-corrected chi connectivity index (χ3v) is 3.88. The first-order valence-electron chi connectivity index (χ1n) is 8.23. The van der Waals surface area contributed by atoms with Crippen molar-refractivity contribution in [1.29, 1.82) is 0 Å². The molecule has 146 valence electrons. The Morgan fingerprint density at radius 2 is 1.44 bits per heavy atom. The zero-order chi connectivity index (χ0) is 19.6. The van der Waals surface area contributed by atoms with Gasteiger partial charge in [0.1, 0.15) is 6.61 Å². The van der Waals surface area contributed by atoms with Crippen molar-refractivity contribution in [2.75, 3.05) is 46.9 Å². The van der Waals surface area contributed by atoms with Crippen LogP contribution in [0.15, 0.2) is 36.4 Å². The van der Waals surface area contributed by atoms with Crippen LogP contribution in [0, 0.1) is 0 Å². The molecule has 0 aliphatic carbocycles. The Labute approximate surface area is 164 Å². The highest BCUT2D eigenvalue weighted by molar-refractivity contribution is 7.80. The molecule has 0 spiro atoms. The summed E-state index contributed by atoms with van der Waals surface area (Å²) < 4.78 is 26.9. The van der Waals surface area contributed by atoms with E-state index in [2.05, 4.69) is 10.6 Å². The van der Waals surface area contributed by atoms with Gasteiger partial charge in [-0.2, -0.15) is 0 Å². The Balaban J connectivity index is 1.88. The van der Waals surface area contributed by atoms with Crippen molar-refractivity contribution in [3.63, 3.8) is 0 Å². The number of benzene rings is 2. The molecule has 7 nitrogen and oxygen atoms in total. The molecule has 0 aromatic heterocycles. The van der Waals surface area contributed by atoms with Gasteiger partial charge >= 0.3 is 0 Å². The standard InChI is InChI=1S/C19H24N2O5S/c1-22-14-7-5-6-8-15(14)26-10-9-20-19(27)21-13-11-16(23-2)18(25-4)17(12-13)24-3/h5-8,11-12H,9-10H2,1-4H3,(H2,20,21,27). The number of nitrogens with one attached hydrogen (secondary N) is 2. The molecule has 0 saturated carbocycles. The number of hydrogen-bond donors (Lipinski definition) is 2. The molecule has 0 aliphatic heterocycles. The van der Waals surface area contributed by atoms with Crippen LogP contribution < -0.4 is 34.3 Å². The molecular formula is C19H24N2O5S. The van der Waals surface area contributed by atoms with E-state index in [-0.39, 0.29) is 0 Å². The molecular weight excluding hydrogens is 368 g/mol. The molecule has 2 rings (SSSR count). The Bertz CT molecular complexity index is 745. The number of rotatable bonds is 9. The third kappa shape index (κ3) is 5.55. The minimum absolute atomic E-state index is 0.428. The molecule has 0 radical (unpaired) electrons. The highest BCUT2D eigenvalue weighted by atomic mass is 32.1. The SMILES string of the molecule is COc1ccccc1OCCNC(=S)Nc1cc(OC)c(OC)c(OC)c1. The van der Waals surface area contributed by atoms with Crippen molar-refractivity contribution in [2.24, 2.45) is 0 Å². The Morgan fingerprint density at radius 3 is 2.00 bits per heavy atom. The van der Waals surface area contributed by atoms with Gasteiger partial charge in [0.15, 0.2) is 28.1 Å². The average Bonchev–Trinajstić information content (AvgIpc) is 2.70. The summed E-state index contributed by atoms with van der Waals surface area (Å²) in [6.45, 7) is 0.950. The molecule has 0 heterocycles.